The Kier molecular flexibility index (Phi) is 6.44. The van der Waals surface area contributed by atoms with Gasteiger partial charge in [-0.15, -0.1) is 0 Å². The van der Waals surface area contributed by atoms with E-state index < -0.39 is 0 Å². The molecule has 0 bridgehead atoms. The molecule has 0 unspecified atom stereocenters. The lowest BCUT2D eigenvalue weighted by molar-refractivity contribution is 0.0937. The van der Waals surface area contributed by atoms with Crippen LogP contribution in [0.15, 0.2) is 28.8 Å². The monoisotopic (exact) mass is 348 g/mol. The highest BCUT2D eigenvalue weighted by Crippen LogP contribution is 2.31. The lowest BCUT2D eigenvalue weighted by Gasteiger charge is -2.14. The van der Waals surface area contributed by atoms with E-state index in [4.69, 9.17) is 16.1 Å². The van der Waals surface area contributed by atoms with Crippen molar-refractivity contribution in [1.29, 1.82) is 0 Å². The molecule has 0 fully saturated rings. The molecule has 0 saturated carbocycles. The number of carbonyl (C=O) groups excluding carboxylic acids is 1. The van der Waals surface area contributed by atoms with Gasteiger partial charge in [-0.05, 0) is 32.3 Å². The molecule has 0 spiro atoms. The molecule has 4 nitrogen and oxygen atoms in total. The zero-order valence-electron chi connectivity index (χ0n) is 14.7. The third-order valence-corrected chi connectivity index (χ3v) is 4.34. The minimum atomic E-state index is -0.166. The normalized spacial score (nSPS) is 12.4. The summed E-state index contributed by atoms with van der Waals surface area (Å²) in [5, 5.41) is 7.63. The van der Waals surface area contributed by atoms with E-state index in [0.717, 1.165) is 19.3 Å². The van der Waals surface area contributed by atoms with Crippen LogP contribution in [0.3, 0.4) is 0 Å². The lowest BCUT2D eigenvalue weighted by atomic mass is 10.0. The first-order chi connectivity index (χ1) is 11.4. The Hall–Kier alpha value is -1.81. The summed E-state index contributed by atoms with van der Waals surface area (Å²) in [4.78, 5) is 12.7. The number of benzene rings is 1. The van der Waals surface area contributed by atoms with E-state index in [1.54, 1.807) is 13.0 Å². The summed E-state index contributed by atoms with van der Waals surface area (Å²) < 4.78 is 5.25. The summed E-state index contributed by atoms with van der Waals surface area (Å²) >= 11 is 6.24. The second-order valence-corrected chi connectivity index (χ2v) is 7.05. The van der Waals surface area contributed by atoms with Crippen molar-refractivity contribution < 1.29 is 9.32 Å². The topological polar surface area (TPSA) is 55.1 Å². The fourth-order valence-electron chi connectivity index (χ4n) is 2.68. The van der Waals surface area contributed by atoms with Gasteiger partial charge in [0.1, 0.15) is 17.0 Å². The zero-order valence-corrected chi connectivity index (χ0v) is 15.5. The summed E-state index contributed by atoms with van der Waals surface area (Å²) in [6.07, 6.45) is 3.21. The lowest BCUT2D eigenvalue weighted by Crippen LogP contribution is -2.33. The summed E-state index contributed by atoms with van der Waals surface area (Å²) in [5.74, 6) is 1.01. The van der Waals surface area contributed by atoms with Crippen molar-refractivity contribution in [3.63, 3.8) is 0 Å². The SMILES string of the molecule is Cc1onc(-c2ccccc2Cl)c1C(=O)N[C@@H](C)CCCC(C)C. The molecule has 0 aliphatic heterocycles. The molecule has 2 aromatic rings. The molecular formula is C19H25ClN2O2. The fourth-order valence-corrected chi connectivity index (χ4v) is 2.90. The molecule has 0 radical (unpaired) electrons. The van der Waals surface area contributed by atoms with Crippen LogP contribution in [0.4, 0.5) is 0 Å². The van der Waals surface area contributed by atoms with E-state index in [1.165, 1.54) is 0 Å². The van der Waals surface area contributed by atoms with E-state index in [1.807, 2.05) is 25.1 Å². The van der Waals surface area contributed by atoms with Crippen molar-refractivity contribution in [2.75, 3.05) is 0 Å². The number of carbonyl (C=O) groups is 1. The number of amides is 1. The van der Waals surface area contributed by atoms with E-state index >= 15 is 0 Å². The van der Waals surface area contributed by atoms with Crippen LogP contribution in [-0.2, 0) is 0 Å². The Labute approximate surface area is 148 Å². The van der Waals surface area contributed by atoms with Gasteiger partial charge in [0.15, 0.2) is 0 Å². The second kappa shape index (κ2) is 8.34. The number of hydrogen-bond acceptors (Lipinski definition) is 3. The smallest absolute Gasteiger partial charge is 0.257 e. The third-order valence-electron chi connectivity index (χ3n) is 4.01. The highest BCUT2D eigenvalue weighted by Gasteiger charge is 2.23. The van der Waals surface area contributed by atoms with Crippen LogP contribution in [-0.4, -0.2) is 17.1 Å². The van der Waals surface area contributed by atoms with Gasteiger partial charge in [-0.2, -0.15) is 0 Å². The van der Waals surface area contributed by atoms with Crippen LogP contribution >= 0.6 is 11.6 Å². The molecule has 130 valence electrons. The fraction of sp³-hybridized carbons (Fsp3) is 0.474. The van der Waals surface area contributed by atoms with Crippen LogP contribution in [0.25, 0.3) is 11.3 Å². The van der Waals surface area contributed by atoms with Crippen LogP contribution in [0.2, 0.25) is 5.02 Å². The first-order valence-electron chi connectivity index (χ1n) is 8.42. The summed E-state index contributed by atoms with van der Waals surface area (Å²) in [7, 11) is 0. The first-order valence-corrected chi connectivity index (χ1v) is 8.80. The van der Waals surface area contributed by atoms with Gasteiger partial charge in [0, 0.05) is 11.6 Å². The molecule has 0 saturated heterocycles. The van der Waals surface area contributed by atoms with Crippen LogP contribution in [0, 0.1) is 12.8 Å². The summed E-state index contributed by atoms with van der Waals surface area (Å²) in [5.41, 5.74) is 1.65. The molecule has 0 aliphatic carbocycles. The van der Waals surface area contributed by atoms with Crippen LogP contribution in [0.5, 0.6) is 0 Å². The summed E-state index contributed by atoms with van der Waals surface area (Å²) in [6.45, 7) is 8.18. The maximum atomic E-state index is 12.7. The number of nitrogens with zero attached hydrogens (tertiary/aromatic N) is 1. The number of aromatic nitrogens is 1. The maximum Gasteiger partial charge on any atom is 0.257 e. The molecular weight excluding hydrogens is 324 g/mol. The van der Waals surface area contributed by atoms with Crippen molar-refractivity contribution >= 4 is 17.5 Å². The Balaban J connectivity index is 2.13. The standard InChI is InChI=1S/C19H25ClN2O2/c1-12(2)8-7-9-13(3)21-19(23)17-14(4)24-22-18(17)15-10-5-6-11-16(15)20/h5-6,10-13H,7-9H2,1-4H3,(H,21,23)/t13-/m0/s1. The van der Waals surface area contributed by atoms with Crippen molar-refractivity contribution in [2.24, 2.45) is 5.92 Å². The molecule has 1 aromatic heterocycles. The molecule has 0 aliphatic rings. The largest absolute Gasteiger partial charge is 0.360 e. The van der Waals surface area contributed by atoms with E-state index in [0.29, 0.717) is 33.5 Å². The molecule has 1 N–H and O–H groups in total. The molecule has 1 aromatic carbocycles. The van der Waals surface area contributed by atoms with Crippen LogP contribution in [0.1, 0.15) is 56.2 Å². The van der Waals surface area contributed by atoms with Gasteiger partial charge in [-0.3, -0.25) is 4.79 Å². The van der Waals surface area contributed by atoms with Crippen molar-refractivity contribution in [2.45, 2.75) is 53.0 Å². The van der Waals surface area contributed by atoms with Gasteiger partial charge < -0.3 is 9.84 Å². The van der Waals surface area contributed by atoms with Crippen molar-refractivity contribution in [3.05, 3.63) is 40.6 Å². The van der Waals surface area contributed by atoms with Gasteiger partial charge in [-0.25, -0.2) is 0 Å². The predicted molar refractivity (Wildman–Crippen MR) is 97.3 cm³/mol. The molecule has 2 rings (SSSR count). The number of rotatable bonds is 7. The van der Waals surface area contributed by atoms with E-state index in [-0.39, 0.29) is 11.9 Å². The maximum absolute atomic E-state index is 12.7. The Morgan fingerprint density at radius 3 is 2.62 bits per heavy atom. The Morgan fingerprint density at radius 1 is 1.25 bits per heavy atom. The van der Waals surface area contributed by atoms with E-state index in [2.05, 4.69) is 24.3 Å². The Bertz CT molecular complexity index is 694. The minimum Gasteiger partial charge on any atom is -0.360 e. The van der Waals surface area contributed by atoms with Crippen molar-refractivity contribution in [1.82, 2.24) is 10.5 Å². The van der Waals surface area contributed by atoms with Crippen LogP contribution < -0.4 is 5.32 Å². The number of aryl methyl sites for hydroxylation is 1. The predicted octanol–water partition coefficient (Wildman–Crippen LogP) is 5.25. The highest BCUT2D eigenvalue weighted by molar-refractivity contribution is 6.33. The van der Waals surface area contributed by atoms with E-state index in [9.17, 15) is 4.79 Å². The number of halogens is 1. The minimum absolute atomic E-state index is 0.102. The molecule has 1 atom stereocenters. The van der Waals surface area contributed by atoms with Gasteiger partial charge >= 0.3 is 0 Å². The molecule has 5 heteroatoms. The quantitative estimate of drug-likeness (QED) is 0.743. The Morgan fingerprint density at radius 2 is 1.96 bits per heavy atom. The molecule has 1 amide bonds. The first kappa shape index (κ1) is 18.5. The van der Waals surface area contributed by atoms with Gasteiger partial charge in [-0.1, -0.05) is 61.6 Å². The van der Waals surface area contributed by atoms with Gasteiger partial charge in [0.05, 0.1) is 5.02 Å². The zero-order chi connectivity index (χ0) is 17.7. The van der Waals surface area contributed by atoms with Gasteiger partial charge in [0.2, 0.25) is 0 Å². The van der Waals surface area contributed by atoms with Gasteiger partial charge in [0.25, 0.3) is 5.91 Å². The number of hydrogen-bond donors (Lipinski definition) is 1. The number of nitrogens with one attached hydrogen (secondary N) is 1. The molecule has 24 heavy (non-hydrogen) atoms. The van der Waals surface area contributed by atoms with Crippen molar-refractivity contribution in [3.8, 4) is 11.3 Å². The average Bonchev–Trinajstić information content (AvgIpc) is 2.89. The summed E-state index contributed by atoms with van der Waals surface area (Å²) in [6, 6.07) is 7.42. The highest BCUT2D eigenvalue weighted by atomic mass is 35.5. The molecule has 1 heterocycles. The third kappa shape index (κ3) is 4.60. The average molecular weight is 349 g/mol. The second-order valence-electron chi connectivity index (χ2n) is 6.64.